The van der Waals surface area contributed by atoms with Gasteiger partial charge in [0.2, 0.25) is 5.28 Å². The lowest BCUT2D eigenvalue weighted by Gasteiger charge is -2.22. The number of nitrogens with zero attached hydrogens (tertiary/aromatic N) is 2. The van der Waals surface area contributed by atoms with E-state index in [1.54, 1.807) is 7.11 Å². The molecule has 90 valence electrons. The lowest BCUT2D eigenvalue weighted by atomic mass is 10.1. The van der Waals surface area contributed by atoms with Crippen molar-refractivity contribution in [2.24, 2.45) is 5.92 Å². The summed E-state index contributed by atoms with van der Waals surface area (Å²) in [6.45, 7) is 6.79. The van der Waals surface area contributed by atoms with Crippen LogP contribution in [0.5, 0.6) is 0 Å². The number of halogens is 1. The second-order valence-corrected chi connectivity index (χ2v) is 4.45. The van der Waals surface area contributed by atoms with Crippen LogP contribution >= 0.6 is 11.6 Å². The van der Waals surface area contributed by atoms with Crippen LogP contribution in [0.4, 0.5) is 5.82 Å². The Morgan fingerprint density at radius 2 is 2.12 bits per heavy atom. The number of hydrogen-bond acceptors (Lipinski definition) is 4. The number of anilines is 1. The van der Waals surface area contributed by atoms with Gasteiger partial charge < -0.3 is 10.1 Å². The summed E-state index contributed by atoms with van der Waals surface area (Å²) in [6.07, 6.45) is 0. The highest BCUT2D eigenvalue weighted by Crippen LogP contribution is 2.14. The number of hydrogen-bond donors (Lipinski definition) is 1. The average Bonchev–Trinajstić information content (AvgIpc) is 2.15. The van der Waals surface area contributed by atoms with Crippen molar-refractivity contribution >= 4 is 17.4 Å². The first-order valence-electron chi connectivity index (χ1n) is 5.29. The number of aryl methyl sites for hydroxylation is 1. The highest BCUT2D eigenvalue weighted by molar-refractivity contribution is 6.28. The van der Waals surface area contributed by atoms with Gasteiger partial charge in [-0.15, -0.1) is 0 Å². The smallest absolute Gasteiger partial charge is 0.224 e. The summed E-state index contributed by atoms with van der Waals surface area (Å²) in [5, 5.41) is 3.57. The molecule has 4 nitrogen and oxygen atoms in total. The van der Waals surface area contributed by atoms with Crippen molar-refractivity contribution in [3.05, 3.63) is 17.0 Å². The SMILES string of the molecule is COCC(Nc1cc(C)nc(Cl)n1)C(C)C. The predicted molar refractivity (Wildman–Crippen MR) is 65.9 cm³/mol. The molecule has 0 aliphatic rings. The van der Waals surface area contributed by atoms with Crippen LogP contribution in [0.1, 0.15) is 19.5 Å². The van der Waals surface area contributed by atoms with Crippen LogP contribution in [0.25, 0.3) is 0 Å². The van der Waals surface area contributed by atoms with Crippen LogP contribution < -0.4 is 5.32 Å². The van der Waals surface area contributed by atoms with E-state index in [2.05, 4.69) is 29.1 Å². The van der Waals surface area contributed by atoms with Gasteiger partial charge in [-0.05, 0) is 24.4 Å². The van der Waals surface area contributed by atoms with E-state index in [0.29, 0.717) is 12.5 Å². The van der Waals surface area contributed by atoms with E-state index < -0.39 is 0 Å². The van der Waals surface area contributed by atoms with Crippen LogP contribution in [0.15, 0.2) is 6.07 Å². The molecule has 0 spiro atoms. The molecule has 1 aromatic heterocycles. The van der Waals surface area contributed by atoms with Gasteiger partial charge in [0.25, 0.3) is 0 Å². The van der Waals surface area contributed by atoms with Crippen LogP contribution in [0.2, 0.25) is 5.28 Å². The minimum atomic E-state index is 0.218. The van der Waals surface area contributed by atoms with Gasteiger partial charge in [-0.1, -0.05) is 13.8 Å². The Morgan fingerprint density at radius 3 is 2.62 bits per heavy atom. The molecule has 0 radical (unpaired) electrons. The number of nitrogens with one attached hydrogen (secondary N) is 1. The van der Waals surface area contributed by atoms with Crippen molar-refractivity contribution in [2.75, 3.05) is 19.0 Å². The molecule has 16 heavy (non-hydrogen) atoms. The van der Waals surface area contributed by atoms with Crippen molar-refractivity contribution in [3.63, 3.8) is 0 Å². The van der Waals surface area contributed by atoms with Crippen molar-refractivity contribution in [2.45, 2.75) is 26.8 Å². The fraction of sp³-hybridized carbons (Fsp3) is 0.636. The molecule has 0 aliphatic heterocycles. The predicted octanol–water partition coefficient (Wildman–Crippen LogP) is 2.52. The summed E-state index contributed by atoms with van der Waals surface area (Å²) in [7, 11) is 1.69. The van der Waals surface area contributed by atoms with Gasteiger partial charge in [0.05, 0.1) is 12.6 Å². The van der Waals surface area contributed by atoms with Crippen molar-refractivity contribution in [3.8, 4) is 0 Å². The lowest BCUT2D eigenvalue weighted by molar-refractivity contribution is 0.171. The van der Waals surface area contributed by atoms with Crippen molar-refractivity contribution in [1.82, 2.24) is 9.97 Å². The Morgan fingerprint density at radius 1 is 1.44 bits per heavy atom. The van der Waals surface area contributed by atoms with E-state index in [1.807, 2.05) is 13.0 Å². The highest BCUT2D eigenvalue weighted by atomic mass is 35.5. The van der Waals surface area contributed by atoms with Crippen molar-refractivity contribution < 1.29 is 4.74 Å². The second-order valence-electron chi connectivity index (χ2n) is 4.11. The lowest BCUT2D eigenvalue weighted by Crippen LogP contribution is -2.30. The molecule has 1 unspecified atom stereocenters. The van der Waals surface area contributed by atoms with Gasteiger partial charge in [0.1, 0.15) is 5.82 Å². The zero-order valence-electron chi connectivity index (χ0n) is 10.1. The molecule has 0 fully saturated rings. The van der Waals surface area contributed by atoms with E-state index in [4.69, 9.17) is 16.3 Å². The minimum absolute atomic E-state index is 0.218. The fourth-order valence-corrected chi connectivity index (χ4v) is 1.60. The fourth-order valence-electron chi connectivity index (χ4n) is 1.38. The molecule has 0 bridgehead atoms. The number of aromatic nitrogens is 2. The maximum atomic E-state index is 5.80. The van der Waals surface area contributed by atoms with E-state index in [1.165, 1.54) is 0 Å². The quantitative estimate of drug-likeness (QED) is 0.808. The molecule has 0 saturated carbocycles. The molecule has 1 heterocycles. The Balaban J connectivity index is 2.76. The summed E-state index contributed by atoms with van der Waals surface area (Å²) in [4.78, 5) is 8.14. The molecule has 1 rings (SSSR count). The number of methoxy groups -OCH3 is 1. The molecule has 0 aromatic carbocycles. The standard InChI is InChI=1S/C11H18ClN3O/c1-7(2)9(6-16-4)14-10-5-8(3)13-11(12)15-10/h5,7,9H,6H2,1-4H3,(H,13,14,15). The van der Waals surface area contributed by atoms with E-state index in [-0.39, 0.29) is 11.3 Å². The number of rotatable bonds is 5. The van der Waals surface area contributed by atoms with E-state index in [9.17, 15) is 0 Å². The van der Waals surface area contributed by atoms with Gasteiger partial charge >= 0.3 is 0 Å². The second kappa shape index (κ2) is 6.01. The Labute approximate surface area is 101 Å². The molecule has 1 N–H and O–H groups in total. The minimum Gasteiger partial charge on any atom is -0.383 e. The normalized spacial score (nSPS) is 12.9. The monoisotopic (exact) mass is 243 g/mol. The third kappa shape index (κ3) is 3.94. The molecule has 0 saturated heterocycles. The molecular formula is C11H18ClN3O. The topological polar surface area (TPSA) is 47.0 Å². The number of ether oxygens (including phenoxy) is 1. The summed E-state index contributed by atoms with van der Waals surface area (Å²) >= 11 is 5.80. The third-order valence-corrected chi connectivity index (χ3v) is 2.48. The summed E-state index contributed by atoms with van der Waals surface area (Å²) < 4.78 is 5.16. The van der Waals surface area contributed by atoms with Crippen molar-refractivity contribution in [1.29, 1.82) is 0 Å². The molecule has 1 aromatic rings. The molecule has 0 aliphatic carbocycles. The molecule has 5 heteroatoms. The molecule has 0 amide bonds. The third-order valence-electron chi connectivity index (χ3n) is 2.31. The maximum absolute atomic E-state index is 5.80. The van der Waals surface area contributed by atoms with Gasteiger partial charge in [-0.2, -0.15) is 0 Å². The molecule has 1 atom stereocenters. The Kier molecular flexibility index (Phi) is 4.96. The zero-order valence-corrected chi connectivity index (χ0v) is 10.9. The summed E-state index contributed by atoms with van der Waals surface area (Å²) in [5.74, 6) is 1.20. The van der Waals surface area contributed by atoms with Gasteiger partial charge in [-0.25, -0.2) is 9.97 Å². The summed E-state index contributed by atoms with van der Waals surface area (Å²) in [6, 6.07) is 2.09. The van der Waals surface area contributed by atoms with E-state index >= 15 is 0 Å². The average molecular weight is 244 g/mol. The first-order chi connectivity index (χ1) is 7.52. The summed E-state index contributed by atoms with van der Waals surface area (Å²) in [5.41, 5.74) is 0.849. The first kappa shape index (κ1) is 13.2. The van der Waals surface area contributed by atoms with Crippen LogP contribution in [-0.2, 0) is 4.74 Å². The first-order valence-corrected chi connectivity index (χ1v) is 5.67. The highest BCUT2D eigenvalue weighted by Gasteiger charge is 2.13. The van der Waals surface area contributed by atoms with Gasteiger partial charge in [0.15, 0.2) is 0 Å². The Bertz CT molecular complexity index is 324. The molecular weight excluding hydrogens is 226 g/mol. The van der Waals surface area contributed by atoms with Gasteiger partial charge in [0, 0.05) is 18.9 Å². The maximum Gasteiger partial charge on any atom is 0.224 e. The van der Waals surface area contributed by atoms with Crippen LogP contribution in [0, 0.1) is 12.8 Å². The van der Waals surface area contributed by atoms with E-state index in [0.717, 1.165) is 11.5 Å². The van der Waals surface area contributed by atoms with Gasteiger partial charge in [-0.3, -0.25) is 0 Å². The van der Waals surface area contributed by atoms with Crippen LogP contribution in [-0.4, -0.2) is 29.7 Å². The largest absolute Gasteiger partial charge is 0.383 e. The zero-order chi connectivity index (χ0) is 12.1. The Hall–Kier alpha value is -0.870. The van der Waals surface area contributed by atoms with Crippen LogP contribution in [0.3, 0.4) is 0 Å².